The lowest BCUT2D eigenvalue weighted by Gasteiger charge is -2.04. The lowest BCUT2D eigenvalue weighted by molar-refractivity contribution is 1.11. The maximum atomic E-state index is 4.14. The Morgan fingerprint density at radius 1 is 1.11 bits per heavy atom. The average molecular weight is 254 g/mol. The van der Waals surface area contributed by atoms with Crippen molar-refractivity contribution in [2.24, 2.45) is 0 Å². The highest BCUT2D eigenvalue weighted by Crippen LogP contribution is 2.30. The molecule has 0 aliphatic carbocycles. The number of rotatable bonds is 3. The summed E-state index contributed by atoms with van der Waals surface area (Å²) in [6.07, 6.45) is 1.90. The van der Waals surface area contributed by atoms with Crippen LogP contribution in [0.25, 0.3) is 10.9 Å². The average Bonchev–Trinajstić information content (AvgIpc) is 2.90. The van der Waals surface area contributed by atoms with Crippen LogP contribution in [0.3, 0.4) is 0 Å². The number of nitrogens with zero attached hydrogens (tertiary/aromatic N) is 1. The van der Waals surface area contributed by atoms with Gasteiger partial charge in [-0.15, -0.1) is 11.8 Å². The van der Waals surface area contributed by atoms with E-state index < -0.39 is 0 Å². The summed E-state index contributed by atoms with van der Waals surface area (Å²) in [4.78, 5) is 1.26. The van der Waals surface area contributed by atoms with Gasteiger partial charge in [-0.25, -0.2) is 0 Å². The van der Waals surface area contributed by atoms with Gasteiger partial charge < -0.3 is 0 Å². The second kappa shape index (κ2) is 4.86. The number of aromatic amines is 1. The van der Waals surface area contributed by atoms with Crippen molar-refractivity contribution in [2.45, 2.75) is 17.6 Å². The number of aromatic nitrogens is 2. The number of thioether (sulfide) groups is 1. The molecule has 3 rings (SSSR count). The molecule has 1 heterocycles. The summed E-state index contributed by atoms with van der Waals surface area (Å²) >= 11 is 1.85. The van der Waals surface area contributed by atoms with Crippen molar-refractivity contribution < 1.29 is 0 Å². The van der Waals surface area contributed by atoms with Gasteiger partial charge in [-0.3, -0.25) is 5.10 Å². The monoisotopic (exact) mass is 254 g/mol. The molecule has 0 spiro atoms. The van der Waals surface area contributed by atoms with Gasteiger partial charge in [0.15, 0.2) is 0 Å². The van der Waals surface area contributed by atoms with Crippen LogP contribution in [-0.2, 0) is 5.75 Å². The first kappa shape index (κ1) is 11.4. The molecular weight excluding hydrogens is 240 g/mol. The van der Waals surface area contributed by atoms with Crippen molar-refractivity contribution in [3.8, 4) is 0 Å². The number of H-pyrrole nitrogens is 1. The molecule has 2 nitrogen and oxygen atoms in total. The van der Waals surface area contributed by atoms with Gasteiger partial charge in [-0.05, 0) is 24.1 Å². The molecule has 0 fully saturated rings. The smallest absolute Gasteiger partial charge is 0.0788 e. The molecule has 0 aliphatic heterocycles. The normalized spacial score (nSPS) is 10.9. The summed E-state index contributed by atoms with van der Waals surface area (Å²) in [7, 11) is 0. The molecule has 0 unspecified atom stereocenters. The van der Waals surface area contributed by atoms with Gasteiger partial charge in [0, 0.05) is 16.0 Å². The highest BCUT2D eigenvalue weighted by atomic mass is 32.2. The second-order valence-electron chi connectivity index (χ2n) is 4.31. The summed E-state index contributed by atoms with van der Waals surface area (Å²) < 4.78 is 0. The fourth-order valence-electron chi connectivity index (χ4n) is 2.00. The molecule has 2 aromatic carbocycles. The molecule has 0 saturated carbocycles. The highest BCUT2D eigenvalue weighted by molar-refractivity contribution is 7.98. The largest absolute Gasteiger partial charge is 0.277 e. The van der Waals surface area contributed by atoms with Crippen LogP contribution in [0, 0.1) is 6.92 Å². The van der Waals surface area contributed by atoms with Crippen molar-refractivity contribution in [3.63, 3.8) is 0 Å². The van der Waals surface area contributed by atoms with Gasteiger partial charge in [-0.1, -0.05) is 36.4 Å². The molecule has 0 atom stereocenters. The zero-order valence-corrected chi connectivity index (χ0v) is 11.0. The van der Waals surface area contributed by atoms with Crippen molar-refractivity contribution in [1.82, 2.24) is 10.2 Å². The predicted octanol–water partition coefficient (Wildman–Crippen LogP) is 4.16. The minimum Gasteiger partial charge on any atom is -0.277 e. The third-order valence-corrected chi connectivity index (χ3v) is 4.16. The van der Waals surface area contributed by atoms with E-state index in [2.05, 4.69) is 53.5 Å². The van der Waals surface area contributed by atoms with E-state index in [0.717, 1.165) is 11.3 Å². The lowest BCUT2D eigenvalue weighted by atomic mass is 10.1. The standard InChI is InChI=1S/C15H14N2S/c1-11-7-8-14(15-13(11)9-16-17-15)18-10-12-5-3-2-4-6-12/h2-9H,10H2,1H3,(H,16,17). The molecule has 1 aromatic heterocycles. The van der Waals surface area contributed by atoms with E-state index in [0.29, 0.717) is 0 Å². The minimum atomic E-state index is 0.984. The number of aryl methyl sites for hydroxylation is 1. The third-order valence-electron chi connectivity index (χ3n) is 3.03. The molecule has 0 radical (unpaired) electrons. The van der Waals surface area contributed by atoms with Crippen LogP contribution >= 0.6 is 11.8 Å². The molecule has 0 bridgehead atoms. The number of benzene rings is 2. The van der Waals surface area contributed by atoms with Crippen LogP contribution in [0.15, 0.2) is 53.6 Å². The number of hydrogen-bond donors (Lipinski definition) is 1. The Morgan fingerprint density at radius 3 is 2.78 bits per heavy atom. The topological polar surface area (TPSA) is 28.7 Å². The Bertz CT molecular complexity index is 659. The van der Waals surface area contributed by atoms with E-state index in [1.54, 1.807) is 0 Å². The Balaban J connectivity index is 1.87. The van der Waals surface area contributed by atoms with Crippen molar-refractivity contribution in [1.29, 1.82) is 0 Å². The molecule has 90 valence electrons. The fourth-order valence-corrected chi connectivity index (χ4v) is 2.98. The summed E-state index contributed by atoms with van der Waals surface area (Å²) in [6, 6.07) is 14.9. The van der Waals surface area contributed by atoms with Crippen LogP contribution in [0.5, 0.6) is 0 Å². The quantitative estimate of drug-likeness (QED) is 0.711. The van der Waals surface area contributed by atoms with Crippen LogP contribution in [-0.4, -0.2) is 10.2 Å². The Labute approximate surface area is 110 Å². The summed E-state index contributed by atoms with van der Waals surface area (Å²) in [6.45, 7) is 2.11. The van der Waals surface area contributed by atoms with Gasteiger partial charge >= 0.3 is 0 Å². The van der Waals surface area contributed by atoms with Crippen molar-refractivity contribution in [2.75, 3.05) is 0 Å². The van der Waals surface area contributed by atoms with Gasteiger partial charge in [0.1, 0.15) is 0 Å². The molecular formula is C15H14N2S. The molecule has 1 N–H and O–H groups in total. The van der Waals surface area contributed by atoms with Gasteiger partial charge in [0.05, 0.1) is 11.7 Å². The summed E-state index contributed by atoms with van der Waals surface area (Å²) in [5.41, 5.74) is 3.76. The number of hydrogen-bond acceptors (Lipinski definition) is 2. The lowest BCUT2D eigenvalue weighted by Crippen LogP contribution is -1.83. The maximum Gasteiger partial charge on any atom is 0.0788 e. The number of fused-ring (bicyclic) bond motifs is 1. The molecule has 3 heteroatoms. The van der Waals surface area contributed by atoms with Gasteiger partial charge in [-0.2, -0.15) is 5.10 Å². The fraction of sp³-hybridized carbons (Fsp3) is 0.133. The Morgan fingerprint density at radius 2 is 1.94 bits per heavy atom. The van der Waals surface area contributed by atoms with Crippen LogP contribution < -0.4 is 0 Å². The van der Waals surface area contributed by atoms with E-state index in [4.69, 9.17) is 0 Å². The van der Waals surface area contributed by atoms with E-state index >= 15 is 0 Å². The van der Waals surface area contributed by atoms with E-state index in [9.17, 15) is 0 Å². The van der Waals surface area contributed by atoms with Crippen molar-refractivity contribution >= 4 is 22.7 Å². The molecule has 3 aromatic rings. The first-order chi connectivity index (χ1) is 8.84. The molecule has 0 saturated heterocycles. The van der Waals surface area contributed by atoms with Crippen LogP contribution in [0.1, 0.15) is 11.1 Å². The van der Waals surface area contributed by atoms with E-state index in [1.807, 2.05) is 24.0 Å². The minimum absolute atomic E-state index is 0.984. The molecule has 18 heavy (non-hydrogen) atoms. The Kier molecular flexibility index (Phi) is 3.07. The predicted molar refractivity (Wildman–Crippen MR) is 76.8 cm³/mol. The molecule has 0 aliphatic rings. The second-order valence-corrected chi connectivity index (χ2v) is 5.33. The SMILES string of the molecule is Cc1ccc(SCc2ccccc2)c2[nH]ncc12. The van der Waals surface area contributed by atoms with E-state index in [-0.39, 0.29) is 0 Å². The zero-order chi connectivity index (χ0) is 12.4. The number of nitrogens with one attached hydrogen (secondary N) is 1. The summed E-state index contributed by atoms with van der Waals surface area (Å²) in [5, 5.41) is 8.45. The van der Waals surface area contributed by atoms with Crippen LogP contribution in [0.4, 0.5) is 0 Å². The van der Waals surface area contributed by atoms with E-state index in [1.165, 1.54) is 21.4 Å². The van der Waals surface area contributed by atoms with Crippen LogP contribution in [0.2, 0.25) is 0 Å². The maximum absolute atomic E-state index is 4.14. The first-order valence-electron chi connectivity index (χ1n) is 5.94. The first-order valence-corrected chi connectivity index (χ1v) is 6.92. The third kappa shape index (κ3) is 2.14. The highest BCUT2D eigenvalue weighted by Gasteiger charge is 2.06. The van der Waals surface area contributed by atoms with Gasteiger partial charge in [0.25, 0.3) is 0 Å². The zero-order valence-electron chi connectivity index (χ0n) is 10.2. The summed E-state index contributed by atoms with van der Waals surface area (Å²) in [5.74, 6) is 0.984. The molecule has 0 amide bonds. The van der Waals surface area contributed by atoms with Crippen molar-refractivity contribution in [3.05, 3.63) is 59.8 Å². The Hall–Kier alpha value is -1.74. The van der Waals surface area contributed by atoms with Gasteiger partial charge in [0.2, 0.25) is 0 Å².